The Bertz CT molecular complexity index is 1390. The largest absolute Gasteiger partial charge is 0.325 e. The van der Waals surface area contributed by atoms with Crippen LogP contribution in [0.4, 0.5) is 11.6 Å². The van der Waals surface area contributed by atoms with Gasteiger partial charge < -0.3 is 5.32 Å². The van der Waals surface area contributed by atoms with Crippen LogP contribution >= 0.6 is 0 Å². The molecule has 1 N–H and O–H groups in total. The molecule has 0 saturated carbocycles. The number of nitrogens with zero attached hydrogens (tertiary/aromatic N) is 7. The van der Waals surface area contributed by atoms with Gasteiger partial charge in [0.1, 0.15) is 23.2 Å². The van der Waals surface area contributed by atoms with E-state index in [2.05, 4.69) is 59.6 Å². The molecule has 0 amide bonds. The zero-order valence-electron chi connectivity index (χ0n) is 18.3. The molecule has 0 radical (unpaired) electrons. The maximum absolute atomic E-state index is 4.65. The molecule has 0 aliphatic carbocycles. The van der Waals surface area contributed by atoms with Gasteiger partial charge in [-0.15, -0.1) is 0 Å². The lowest BCUT2D eigenvalue weighted by atomic mass is 10.1. The molecule has 4 heterocycles. The number of aryl methyl sites for hydroxylation is 2. The lowest BCUT2D eigenvalue weighted by Gasteiger charge is -2.08. The quantitative estimate of drug-likeness (QED) is 0.424. The van der Waals surface area contributed by atoms with E-state index < -0.39 is 0 Å². The van der Waals surface area contributed by atoms with E-state index in [1.54, 1.807) is 23.1 Å². The molecule has 33 heavy (non-hydrogen) atoms. The lowest BCUT2D eigenvalue weighted by molar-refractivity contribution is 0.768. The lowest BCUT2D eigenvalue weighted by Crippen LogP contribution is -2.03. The molecular weight excluding hydrogens is 412 g/mol. The normalized spacial score (nSPS) is 10.8. The molecule has 0 saturated heterocycles. The van der Waals surface area contributed by atoms with Gasteiger partial charge in [0.2, 0.25) is 0 Å². The second kappa shape index (κ2) is 8.96. The zero-order valence-corrected chi connectivity index (χ0v) is 18.3. The highest BCUT2D eigenvalue weighted by Crippen LogP contribution is 2.20. The van der Waals surface area contributed by atoms with Crippen LogP contribution < -0.4 is 5.32 Å². The molecule has 0 unspecified atom stereocenters. The molecule has 1 aromatic carbocycles. The van der Waals surface area contributed by atoms with Crippen LogP contribution in [0.25, 0.3) is 22.6 Å². The van der Waals surface area contributed by atoms with Crippen LogP contribution in [0.3, 0.4) is 0 Å². The SMILES string of the molecule is Cc1cccc(-c2nccc(Nc3ccnc(Cc4ccc(-c5cnn(C)c5)cc4)n3)n2)n1. The van der Waals surface area contributed by atoms with Crippen LogP contribution in [0.5, 0.6) is 0 Å². The van der Waals surface area contributed by atoms with Gasteiger partial charge in [0.25, 0.3) is 0 Å². The number of benzene rings is 1. The minimum Gasteiger partial charge on any atom is -0.325 e. The fourth-order valence-electron chi connectivity index (χ4n) is 3.47. The minimum atomic E-state index is 0.562. The van der Waals surface area contributed by atoms with Crippen LogP contribution in [-0.2, 0) is 13.5 Å². The monoisotopic (exact) mass is 434 g/mol. The molecular formula is C25H22N8. The van der Waals surface area contributed by atoms with Crippen molar-refractivity contribution < 1.29 is 0 Å². The summed E-state index contributed by atoms with van der Waals surface area (Å²) >= 11 is 0. The van der Waals surface area contributed by atoms with Gasteiger partial charge in [0.05, 0.1) is 6.20 Å². The van der Waals surface area contributed by atoms with Crippen molar-refractivity contribution in [2.45, 2.75) is 13.3 Å². The standard InChI is InChI=1S/C25H22N8/c1-17-4-3-5-21(29-17)25-27-13-11-23(32-25)30-22-10-12-26-24(31-22)14-18-6-8-19(9-7-18)20-15-28-33(2)16-20/h3-13,15-16H,14H2,1-2H3,(H,26,27,30,31,32). The third-order valence-corrected chi connectivity index (χ3v) is 5.09. The summed E-state index contributed by atoms with van der Waals surface area (Å²) in [6.07, 6.45) is 7.95. The molecule has 5 aromatic rings. The van der Waals surface area contributed by atoms with Crippen molar-refractivity contribution in [1.82, 2.24) is 34.7 Å². The van der Waals surface area contributed by atoms with Gasteiger partial charge in [-0.2, -0.15) is 5.10 Å². The summed E-state index contributed by atoms with van der Waals surface area (Å²) in [6.45, 7) is 1.94. The molecule has 0 aliphatic heterocycles. The van der Waals surface area contributed by atoms with E-state index in [0.29, 0.717) is 23.9 Å². The van der Waals surface area contributed by atoms with Crippen molar-refractivity contribution >= 4 is 11.6 Å². The van der Waals surface area contributed by atoms with Crippen molar-refractivity contribution in [1.29, 1.82) is 0 Å². The highest BCUT2D eigenvalue weighted by atomic mass is 15.2. The van der Waals surface area contributed by atoms with E-state index in [4.69, 9.17) is 0 Å². The first-order chi connectivity index (χ1) is 16.1. The number of hydrogen-bond donors (Lipinski definition) is 1. The van der Waals surface area contributed by atoms with Crippen LogP contribution in [0.1, 0.15) is 17.1 Å². The average Bonchev–Trinajstić information content (AvgIpc) is 3.26. The molecule has 0 fully saturated rings. The fourth-order valence-corrected chi connectivity index (χ4v) is 3.47. The van der Waals surface area contributed by atoms with Crippen LogP contribution in [0, 0.1) is 6.92 Å². The molecule has 8 nitrogen and oxygen atoms in total. The van der Waals surface area contributed by atoms with Gasteiger partial charge in [-0.05, 0) is 42.3 Å². The van der Waals surface area contributed by atoms with Crippen LogP contribution in [0.15, 0.2) is 79.4 Å². The van der Waals surface area contributed by atoms with Crippen LogP contribution in [0.2, 0.25) is 0 Å². The molecule has 0 atom stereocenters. The van der Waals surface area contributed by atoms with Crippen LogP contribution in [-0.4, -0.2) is 34.7 Å². The van der Waals surface area contributed by atoms with Crippen molar-refractivity contribution in [3.8, 4) is 22.6 Å². The van der Waals surface area contributed by atoms with Gasteiger partial charge in [-0.1, -0.05) is 30.3 Å². The highest BCUT2D eigenvalue weighted by molar-refractivity contribution is 5.62. The Balaban J connectivity index is 1.30. The minimum absolute atomic E-state index is 0.562. The second-order valence-corrected chi connectivity index (χ2v) is 7.69. The third kappa shape index (κ3) is 4.90. The van der Waals surface area contributed by atoms with Gasteiger partial charge in [-0.3, -0.25) is 4.68 Å². The van der Waals surface area contributed by atoms with Gasteiger partial charge in [-0.25, -0.2) is 24.9 Å². The number of anilines is 2. The summed E-state index contributed by atoms with van der Waals surface area (Å²) in [7, 11) is 1.91. The van der Waals surface area contributed by atoms with Crippen molar-refractivity contribution in [2.24, 2.45) is 7.05 Å². The number of rotatable bonds is 6. The molecule has 0 spiro atoms. The Labute approximate surface area is 191 Å². The van der Waals surface area contributed by atoms with E-state index >= 15 is 0 Å². The first-order valence-electron chi connectivity index (χ1n) is 10.6. The maximum atomic E-state index is 4.65. The van der Waals surface area contributed by atoms with E-state index in [-0.39, 0.29) is 0 Å². The predicted molar refractivity (Wildman–Crippen MR) is 127 cm³/mol. The Hall–Kier alpha value is -4.46. The molecule has 8 heteroatoms. The summed E-state index contributed by atoms with van der Waals surface area (Å²) in [5.41, 5.74) is 5.01. The number of pyridine rings is 1. The second-order valence-electron chi connectivity index (χ2n) is 7.69. The van der Waals surface area contributed by atoms with E-state index in [0.717, 1.165) is 33.9 Å². The molecule has 0 bridgehead atoms. The Morgan fingerprint density at radius 3 is 2.36 bits per heavy atom. The molecule has 5 rings (SSSR count). The van der Waals surface area contributed by atoms with Gasteiger partial charge in [0, 0.05) is 43.3 Å². The first-order valence-corrected chi connectivity index (χ1v) is 10.6. The molecule has 0 aliphatic rings. The van der Waals surface area contributed by atoms with E-state index in [1.807, 2.05) is 50.6 Å². The van der Waals surface area contributed by atoms with Crippen molar-refractivity contribution in [3.05, 3.63) is 96.5 Å². The van der Waals surface area contributed by atoms with Crippen molar-refractivity contribution in [2.75, 3.05) is 5.32 Å². The Morgan fingerprint density at radius 1 is 0.818 bits per heavy atom. The van der Waals surface area contributed by atoms with E-state index in [9.17, 15) is 0 Å². The summed E-state index contributed by atoms with van der Waals surface area (Å²) in [5, 5.41) is 7.48. The third-order valence-electron chi connectivity index (χ3n) is 5.09. The van der Waals surface area contributed by atoms with Crippen molar-refractivity contribution in [3.63, 3.8) is 0 Å². The predicted octanol–water partition coefficient (Wildman–Crippen LogP) is 4.37. The molecule has 4 aromatic heterocycles. The summed E-state index contributed by atoms with van der Waals surface area (Å²) < 4.78 is 1.80. The smallest absolute Gasteiger partial charge is 0.180 e. The van der Waals surface area contributed by atoms with Gasteiger partial charge >= 0.3 is 0 Å². The molecule has 162 valence electrons. The summed E-state index contributed by atoms with van der Waals surface area (Å²) in [6, 6.07) is 17.8. The van der Waals surface area contributed by atoms with E-state index in [1.165, 1.54) is 0 Å². The number of nitrogens with one attached hydrogen (secondary N) is 1. The summed E-state index contributed by atoms with van der Waals surface area (Å²) in [5.74, 6) is 2.61. The number of aromatic nitrogens is 7. The first kappa shape index (κ1) is 20.4. The van der Waals surface area contributed by atoms with Gasteiger partial charge in [0.15, 0.2) is 5.82 Å². The Morgan fingerprint density at radius 2 is 1.61 bits per heavy atom. The number of hydrogen-bond acceptors (Lipinski definition) is 7. The topological polar surface area (TPSA) is 94.3 Å². The Kier molecular flexibility index (Phi) is 5.55. The zero-order chi connectivity index (χ0) is 22.6. The highest BCUT2D eigenvalue weighted by Gasteiger charge is 2.07. The summed E-state index contributed by atoms with van der Waals surface area (Å²) in [4.78, 5) is 22.5. The maximum Gasteiger partial charge on any atom is 0.180 e. The average molecular weight is 435 g/mol. The fraction of sp³-hybridized carbons (Fsp3) is 0.120.